The van der Waals surface area contributed by atoms with E-state index in [4.69, 9.17) is 9.47 Å². The molecule has 1 aliphatic heterocycles. The largest absolute Gasteiger partial charge is 0.491 e. The maximum Gasteiger partial charge on any atom is 0.329 e. The van der Waals surface area contributed by atoms with Crippen molar-refractivity contribution < 1.29 is 19.1 Å². The SMILES string of the molecule is CC(C)Oc1ccc(N2CCN(c3cccc(OC=O)c3)C2=O)cc1. The van der Waals surface area contributed by atoms with E-state index in [9.17, 15) is 9.59 Å². The second kappa shape index (κ2) is 7.25. The Balaban J connectivity index is 1.75. The highest BCUT2D eigenvalue weighted by atomic mass is 16.5. The number of carbonyl (C=O) groups is 2. The van der Waals surface area contributed by atoms with Crippen molar-refractivity contribution in [2.75, 3.05) is 22.9 Å². The molecule has 1 fully saturated rings. The van der Waals surface area contributed by atoms with Crippen molar-refractivity contribution in [3.63, 3.8) is 0 Å². The van der Waals surface area contributed by atoms with Gasteiger partial charge in [-0.1, -0.05) is 6.07 Å². The molecule has 2 amide bonds. The van der Waals surface area contributed by atoms with Crippen LogP contribution in [0.2, 0.25) is 0 Å². The zero-order chi connectivity index (χ0) is 17.8. The van der Waals surface area contributed by atoms with E-state index in [0.29, 0.717) is 31.0 Å². The molecule has 0 unspecified atom stereocenters. The predicted octanol–water partition coefficient (Wildman–Crippen LogP) is 3.46. The molecule has 1 heterocycles. The van der Waals surface area contributed by atoms with Gasteiger partial charge in [0.05, 0.1) is 6.10 Å². The van der Waals surface area contributed by atoms with Crippen LogP contribution in [0.25, 0.3) is 0 Å². The number of hydrogen-bond acceptors (Lipinski definition) is 4. The number of benzene rings is 2. The van der Waals surface area contributed by atoms with Crippen molar-refractivity contribution in [3.8, 4) is 11.5 Å². The first-order chi connectivity index (χ1) is 12.1. The van der Waals surface area contributed by atoms with Crippen molar-refractivity contribution in [2.45, 2.75) is 20.0 Å². The minimum Gasteiger partial charge on any atom is -0.491 e. The number of anilines is 2. The lowest BCUT2D eigenvalue weighted by molar-refractivity contribution is -0.120. The molecule has 0 saturated carbocycles. The van der Waals surface area contributed by atoms with Gasteiger partial charge in [-0.2, -0.15) is 0 Å². The quantitative estimate of drug-likeness (QED) is 0.756. The summed E-state index contributed by atoms with van der Waals surface area (Å²) in [7, 11) is 0. The van der Waals surface area contributed by atoms with Crippen LogP contribution in [0, 0.1) is 0 Å². The molecule has 6 heteroatoms. The summed E-state index contributed by atoms with van der Waals surface area (Å²) in [6, 6.07) is 14.3. The molecule has 1 aliphatic rings. The Morgan fingerprint density at radius 1 is 0.960 bits per heavy atom. The Morgan fingerprint density at radius 3 is 2.28 bits per heavy atom. The molecule has 6 nitrogen and oxygen atoms in total. The highest BCUT2D eigenvalue weighted by Crippen LogP contribution is 2.28. The first kappa shape index (κ1) is 16.8. The van der Waals surface area contributed by atoms with Gasteiger partial charge in [-0.05, 0) is 50.2 Å². The van der Waals surface area contributed by atoms with Crippen molar-refractivity contribution >= 4 is 23.9 Å². The summed E-state index contributed by atoms with van der Waals surface area (Å²) in [5.74, 6) is 1.19. The maximum atomic E-state index is 12.7. The molecule has 0 atom stereocenters. The van der Waals surface area contributed by atoms with Crippen LogP contribution < -0.4 is 19.3 Å². The van der Waals surface area contributed by atoms with Crippen LogP contribution in [0.1, 0.15) is 13.8 Å². The summed E-state index contributed by atoms with van der Waals surface area (Å²) in [5.41, 5.74) is 1.52. The van der Waals surface area contributed by atoms with Gasteiger partial charge in [0.1, 0.15) is 11.5 Å². The summed E-state index contributed by atoms with van der Waals surface area (Å²) >= 11 is 0. The fraction of sp³-hybridized carbons (Fsp3) is 0.263. The minimum absolute atomic E-state index is 0.107. The second-order valence-electron chi connectivity index (χ2n) is 5.96. The van der Waals surface area contributed by atoms with Gasteiger partial charge in [0.2, 0.25) is 0 Å². The standard InChI is InChI=1S/C19H20N2O4/c1-14(2)25-17-8-6-15(7-9-17)20-10-11-21(19(20)23)16-4-3-5-18(12-16)24-13-22/h3-9,12-14H,10-11H2,1-2H3. The smallest absolute Gasteiger partial charge is 0.329 e. The Bertz CT molecular complexity index is 758. The van der Waals surface area contributed by atoms with Crippen LogP contribution in [0.15, 0.2) is 48.5 Å². The highest BCUT2D eigenvalue weighted by molar-refractivity contribution is 6.06. The number of nitrogens with zero attached hydrogens (tertiary/aromatic N) is 2. The van der Waals surface area contributed by atoms with Gasteiger partial charge in [-0.15, -0.1) is 0 Å². The molecule has 0 aromatic heterocycles. The summed E-state index contributed by atoms with van der Waals surface area (Å²) in [5, 5.41) is 0. The number of rotatable bonds is 6. The van der Waals surface area contributed by atoms with E-state index in [-0.39, 0.29) is 12.1 Å². The molecule has 0 bridgehead atoms. The molecule has 0 N–H and O–H groups in total. The van der Waals surface area contributed by atoms with Gasteiger partial charge in [-0.25, -0.2) is 4.79 Å². The van der Waals surface area contributed by atoms with Crippen LogP contribution in [0.3, 0.4) is 0 Å². The third kappa shape index (κ3) is 3.74. The topological polar surface area (TPSA) is 59.1 Å². The van der Waals surface area contributed by atoms with Gasteiger partial charge in [0.25, 0.3) is 6.47 Å². The first-order valence-corrected chi connectivity index (χ1v) is 8.14. The molecule has 25 heavy (non-hydrogen) atoms. The fourth-order valence-corrected chi connectivity index (χ4v) is 2.77. The van der Waals surface area contributed by atoms with Crippen molar-refractivity contribution in [1.29, 1.82) is 0 Å². The van der Waals surface area contributed by atoms with Crippen LogP contribution in [0.4, 0.5) is 16.2 Å². The zero-order valence-corrected chi connectivity index (χ0v) is 14.2. The Labute approximate surface area is 146 Å². The lowest BCUT2D eigenvalue weighted by Gasteiger charge is -2.19. The Morgan fingerprint density at radius 2 is 1.64 bits per heavy atom. The predicted molar refractivity (Wildman–Crippen MR) is 95.4 cm³/mol. The number of hydrogen-bond donors (Lipinski definition) is 0. The molecule has 1 saturated heterocycles. The van der Waals surface area contributed by atoms with Crippen molar-refractivity contribution in [2.24, 2.45) is 0 Å². The van der Waals surface area contributed by atoms with Gasteiger partial charge in [-0.3, -0.25) is 14.6 Å². The lowest BCUT2D eigenvalue weighted by atomic mass is 10.2. The highest BCUT2D eigenvalue weighted by Gasteiger charge is 2.30. The second-order valence-corrected chi connectivity index (χ2v) is 5.96. The summed E-state index contributed by atoms with van der Waals surface area (Å²) in [4.78, 5) is 26.6. The zero-order valence-electron chi connectivity index (χ0n) is 14.2. The van der Waals surface area contributed by atoms with Crippen molar-refractivity contribution in [1.82, 2.24) is 0 Å². The fourth-order valence-electron chi connectivity index (χ4n) is 2.77. The van der Waals surface area contributed by atoms with Crippen LogP contribution >= 0.6 is 0 Å². The van der Waals surface area contributed by atoms with Gasteiger partial charge in [0, 0.05) is 30.5 Å². The number of urea groups is 1. The van der Waals surface area contributed by atoms with Gasteiger partial charge >= 0.3 is 6.03 Å². The Kier molecular flexibility index (Phi) is 4.88. The van der Waals surface area contributed by atoms with E-state index in [2.05, 4.69) is 0 Å². The number of ether oxygens (including phenoxy) is 2. The average Bonchev–Trinajstić information content (AvgIpc) is 2.97. The van der Waals surface area contributed by atoms with E-state index in [0.717, 1.165) is 11.4 Å². The molecular weight excluding hydrogens is 320 g/mol. The third-order valence-electron chi connectivity index (χ3n) is 3.84. The molecule has 3 rings (SSSR count). The van der Waals surface area contributed by atoms with E-state index < -0.39 is 0 Å². The number of amides is 2. The van der Waals surface area contributed by atoms with E-state index in [1.165, 1.54) is 0 Å². The third-order valence-corrected chi connectivity index (χ3v) is 3.84. The molecular formula is C19H20N2O4. The lowest BCUT2D eigenvalue weighted by Crippen LogP contribution is -2.31. The summed E-state index contributed by atoms with van der Waals surface area (Å²) in [6.07, 6.45) is 0.107. The first-order valence-electron chi connectivity index (χ1n) is 8.14. The van der Waals surface area contributed by atoms with Crippen molar-refractivity contribution in [3.05, 3.63) is 48.5 Å². The monoisotopic (exact) mass is 340 g/mol. The van der Waals surface area contributed by atoms with E-state index in [1.807, 2.05) is 44.2 Å². The van der Waals surface area contributed by atoms with Crippen LogP contribution in [-0.2, 0) is 4.79 Å². The molecule has 2 aromatic rings. The minimum atomic E-state index is -0.110. The molecule has 0 aliphatic carbocycles. The van der Waals surface area contributed by atoms with Crippen LogP contribution in [0.5, 0.6) is 11.5 Å². The summed E-state index contributed by atoms with van der Waals surface area (Å²) in [6.45, 7) is 5.46. The Hall–Kier alpha value is -3.02. The van der Waals surface area contributed by atoms with E-state index >= 15 is 0 Å². The van der Waals surface area contributed by atoms with Gasteiger partial charge in [0.15, 0.2) is 0 Å². The molecule has 2 aromatic carbocycles. The maximum absolute atomic E-state index is 12.7. The molecule has 130 valence electrons. The molecule has 0 spiro atoms. The van der Waals surface area contributed by atoms with Gasteiger partial charge < -0.3 is 9.47 Å². The molecule has 0 radical (unpaired) electrons. The summed E-state index contributed by atoms with van der Waals surface area (Å²) < 4.78 is 10.5. The number of carbonyl (C=O) groups excluding carboxylic acids is 2. The normalized spacial score (nSPS) is 14.1. The average molecular weight is 340 g/mol. The van der Waals surface area contributed by atoms with E-state index in [1.54, 1.807) is 28.0 Å². The van der Waals surface area contributed by atoms with Crippen LogP contribution in [-0.4, -0.2) is 31.7 Å².